The molecule has 1 aromatic carbocycles. The number of carbonyl (C=O) groups excluding carboxylic acids is 1. The minimum Gasteiger partial charge on any atom is -0.382 e. The standard InChI is InChI=1S/C19H28N2O/c1-12-10-17-11-16(8-9-18(17)20-12)19(22)15(4)21-13(2)6-5-7-14(21)3/h8-9,11-15,20H,5-7,10H2,1-4H3. The third kappa shape index (κ3) is 2.79. The van der Waals surface area contributed by atoms with E-state index in [1.165, 1.54) is 30.5 Å². The van der Waals surface area contributed by atoms with Crippen LogP contribution in [0.5, 0.6) is 0 Å². The lowest BCUT2D eigenvalue weighted by molar-refractivity contribution is 0.0494. The lowest BCUT2D eigenvalue weighted by Gasteiger charge is -2.42. The molecule has 1 N–H and O–H groups in total. The van der Waals surface area contributed by atoms with Gasteiger partial charge in [0.05, 0.1) is 6.04 Å². The predicted octanol–water partition coefficient (Wildman–Crippen LogP) is 3.88. The Labute approximate surface area is 134 Å². The maximum Gasteiger partial charge on any atom is 0.179 e. The molecule has 0 aliphatic carbocycles. The van der Waals surface area contributed by atoms with Gasteiger partial charge in [0.2, 0.25) is 0 Å². The van der Waals surface area contributed by atoms with Crippen molar-refractivity contribution in [1.29, 1.82) is 0 Å². The molecule has 0 saturated carbocycles. The number of likely N-dealkylation sites (tertiary alicyclic amines) is 1. The molecule has 2 heterocycles. The van der Waals surface area contributed by atoms with E-state index in [0.29, 0.717) is 18.1 Å². The zero-order chi connectivity index (χ0) is 15.9. The van der Waals surface area contributed by atoms with Crippen molar-refractivity contribution in [3.05, 3.63) is 29.3 Å². The van der Waals surface area contributed by atoms with Gasteiger partial charge in [0.25, 0.3) is 0 Å². The van der Waals surface area contributed by atoms with E-state index in [-0.39, 0.29) is 11.8 Å². The first kappa shape index (κ1) is 15.5. The van der Waals surface area contributed by atoms with Gasteiger partial charge in [-0.15, -0.1) is 0 Å². The zero-order valence-electron chi connectivity index (χ0n) is 14.2. The number of Topliss-reactive ketones (excluding diaryl/α,β-unsaturated/α-hetero) is 1. The van der Waals surface area contributed by atoms with Crippen LogP contribution < -0.4 is 5.32 Å². The fraction of sp³-hybridized carbons (Fsp3) is 0.632. The molecule has 0 aromatic heterocycles. The van der Waals surface area contributed by atoms with E-state index in [1.807, 2.05) is 6.07 Å². The molecule has 3 rings (SSSR count). The lowest BCUT2D eigenvalue weighted by atomic mass is 9.92. The summed E-state index contributed by atoms with van der Waals surface area (Å²) in [7, 11) is 0. The molecule has 0 radical (unpaired) electrons. The Morgan fingerprint density at radius 1 is 1.23 bits per heavy atom. The second-order valence-corrected chi connectivity index (χ2v) is 7.24. The van der Waals surface area contributed by atoms with Crippen molar-refractivity contribution in [2.45, 2.75) is 77.5 Å². The van der Waals surface area contributed by atoms with Crippen LogP contribution in [0.3, 0.4) is 0 Å². The number of benzene rings is 1. The Morgan fingerprint density at radius 2 is 1.91 bits per heavy atom. The summed E-state index contributed by atoms with van der Waals surface area (Å²) in [6.45, 7) is 8.78. The van der Waals surface area contributed by atoms with E-state index in [0.717, 1.165) is 12.0 Å². The van der Waals surface area contributed by atoms with Crippen molar-refractivity contribution in [1.82, 2.24) is 4.90 Å². The molecule has 2 aliphatic heterocycles. The first-order valence-electron chi connectivity index (χ1n) is 8.68. The average molecular weight is 300 g/mol. The van der Waals surface area contributed by atoms with E-state index in [1.54, 1.807) is 0 Å². The van der Waals surface area contributed by atoms with Gasteiger partial charge in [-0.2, -0.15) is 0 Å². The minimum atomic E-state index is -0.0323. The van der Waals surface area contributed by atoms with Crippen LogP contribution in [-0.2, 0) is 6.42 Å². The van der Waals surface area contributed by atoms with Gasteiger partial charge in [0.1, 0.15) is 0 Å². The number of hydrogen-bond acceptors (Lipinski definition) is 3. The van der Waals surface area contributed by atoms with Gasteiger partial charge < -0.3 is 5.32 Å². The van der Waals surface area contributed by atoms with Crippen molar-refractivity contribution in [2.24, 2.45) is 0 Å². The summed E-state index contributed by atoms with van der Waals surface area (Å²) in [5.74, 6) is 0.267. The quantitative estimate of drug-likeness (QED) is 0.860. The highest BCUT2D eigenvalue weighted by Gasteiger charge is 2.33. The number of hydrogen-bond donors (Lipinski definition) is 1. The molecule has 0 spiro atoms. The molecule has 0 bridgehead atoms. The van der Waals surface area contributed by atoms with E-state index in [4.69, 9.17) is 0 Å². The van der Waals surface area contributed by atoms with E-state index in [9.17, 15) is 4.79 Å². The van der Waals surface area contributed by atoms with E-state index in [2.05, 4.69) is 50.0 Å². The number of carbonyl (C=O) groups is 1. The lowest BCUT2D eigenvalue weighted by Crippen LogP contribution is -2.51. The Hall–Kier alpha value is -1.35. The number of nitrogens with one attached hydrogen (secondary N) is 1. The number of rotatable bonds is 3. The Balaban J connectivity index is 1.80. The first-order chi connectivity index (χ1) is 10.5. The van der Waals surface area contributed by atoms with Crippen LogP contribution in [0.2, 0.25) is 0 Å². The smallest absolute Gasteiger partial charge is 0.179 e. The van der Waals surface area contributed by atoms with Crippen LogP contribution in [-0.4, -0.2) is 34.9 Å². The molecule has 3 nitrogen and oxygen atoms in total. The predicted molar refractivity (Wildman–Crippen MR) is 91.6 cm³/mol. The van der Waals surface area contributed by atoms with Crippen molar-refractivity contribution < 1.29 is 4.79 Å². The largest absolute Gasteiger partial charge is 0.382 e. The Bertz CT molecular complexity index is 559. The molecule has 120 valence electrons. The van der Waals surface area contributed by atoms with Gasteiger partial charge >= 0.3 is 0 Å². The van der Waals surface area contributed by atoms with Gasteiger partial charge in [-0.25, -0.2) is 0 Å². The van der Waals surface area contributed by atoms with Gasteiger partial charge in [-0.1, -0.05) is 6.42 Å². The number of ketones is 1. The first-order valence-corrected chi connectivity index (χ1v) is 8.68. The molecule has 2 aliphatic rings. The van der Waals surface area contributed by atoms with E-state index < -0.39 is 0 Å². The zero-order valence-corrected chi connectivity index (χ0v) is 14.2. The summed E-state index contributed by atoms with van der Waals surface area (Å²) < 4.78 is 0. The summed E-state index contributed by atoms with van der Waals surface area (Å²) in [5, 5.41) is 3.45. The second kappa shape index (κ2) is 6.04. The highest BCUT2D eigenvalue weighted by molar-refractivity contribution is 6.00. The van der Waals surface area contributed by atoms with Crippen molar-refractivity contribution in [3.8, 4) is 0 Å². The summed E-state index contributed by atoms with van der Waals surface area (Å²) in [6.07, 6.45) is 4.70. The molecule has 22 heavy (non-hydrogen) atoms. The maximum absolute atomic E-state index is 13.0. The molecule has 1 aromatic rings. The van der Waals surface area contributed by atoms with Crippen molar-refractivity contribution in [3.63, 3.8) is 0 Å². The second-order valence-electron chi connectivity index (χ2n) is 7.24. The number of anilines is 1. The van der Waals surface area contributed by atoms with Gasteiger partial charge in [0, 0.05) is 29.4 Å². The van der Waals surface area contributed by atoms with Crippen LogP contribution in [0, 0.1) is 0 Å². The number of nitrogens with zero attached hydrogens (tertiary/aromatic N) is 1. The topological polar surface area (TPSA) is 32.3 Å². The normalized spacial score (nSPS) is 29.7. The van der Waals surface area contributed by atoms with Crippen LogP contribution in [0.4, 0.5) is 5.69 Å². The molecule has 4 atom stereocenters. The van der Waals surface area contributed by atoms with Gasteiger partial charge in [-0.05, 0) is 70.7 Å². The Kier molecular flexibility index (Phi) is 4.26. The minimum absolute atomic E-state index is 0.0323. The summed E-state index contributed by atoms with van der Waals surface area (Å²) in [4.78, 5) is 15.4. The summed E-state index contributed by atoms with van der Waals surface area (Å²) in [6, 6.07) is 7.60. The molecular weight excluding hydrogens is 272 g/mol. The van der Waals surface area contributed by atoms with Crippen LogP contribution in [0.15, 0.2) is 18.2 Å². The molecule has 4 unspecified atom stereocenters. The summed E-state index contributed by atoms with van der Waals surface area (Å²) >= 11 is 0. The molecule has 1 fully saturated rings. The summed E-state index contributed by atoms with van der Waals surface area (Å²) in [5.41, 5.74) is 3.34. The number of fused-ring (bicyclic) bond motifs is 1. The highest BCUT2D eigenvalue weighted by Crippen LogP contribution is 2.29. The van der Waals surface area contributed by atoms with Gasteiger partial charge in [-0.3, -0.25) is 9.69 Å². The van der Waals surface area contributed by atoms with Crippen LogP contribution >= 0.6 is 0 Å². The monoisotopic (exact) mass is 300 g/mol. The third-order valence-electron chi connectivity index (χ3n) is 5.41. The SMILES string of the molecule is CC1Cc2cc(C(=O)C(C)N3C(C)CCCC3C)ccc2N1. The Morgan fingerprint density at radius 3 is 2.59 bits per heavy atom. The van der Waals surface area contributed by atoms with Crippen LogP contribution in [0.1, 0.15) is 62.9 Å². The highest BCUT2D eigenvalue weighted by atomic mass is 16.1. The fourth-order valence-electron chi connectivity index (χ4n) is 4.28. The van der Waals surface area contributed by atoms with Gasteiger partial charge in [0.15, 0.2) is 5.78 Å². The molecule has 1 saturated heterocycles. The molecule has 3 heteroatoms. The van der Waals surface area contributed by atoms with Crippen molar-refractivity contribution in [2.75, 3.05) is 5.32 Å². The fourth-order valence-corrected chi connectivity index (χ4v) is 4.28. The number of piperidine rings is 1. The molecular formula is C19H28N2O. The molecule has 0 amide bonds. The van der Waals surface area contributed by atoms with Crippen LogP contribution in [0.25, 0.3) is 0 Å². The van der Waals surface area contributed by atoms with E-state index >= 15 is 0 Å². The van der Waals surface area contributed by atoms with Crippen molar-refractivity contribution >= 4 is 11.5 Å². The average Bonchev–Trinajstić information content (AvgIpc) is 2.85. The third-order valence-corrected chi connectivity index (χ3v) is 5.41. The maximum atomic E-state index is 13.0.